The maximum Gasteiger partial charge on any atom is 0.338 e. The summed E-state index contributed by atoms with van der Waals surface area (Å²) in [6.07, 6.45) is 1.37. The molecule has 3 rings (SSSR count). The van der Waals surface area contributed by atoms with Gasteiger partial charge < -0.3 is 14.4 Å². The molecule has 0 aliphatic carbocycles. The Labute approximate surface area is 151 Å². The van der Waals surface area contributed by atoms with Gasteiger partial charge in [-0.05, 0) is 42.3 Å². The molecule has 1 saturated heterocycles. The fourth-order valence-corrected chi connectivity index (χ4v) is 2.81. The van der Waals surface area contributed by atoms with Gasteiger partial charge in [-0.15, -0.1) is 0 Å². The molecule has 1 amide bonds. The van der Waals surface area contributed by atoms with Crippen LogP contribution in [0.2, 0.25) is 0 Å². The van der Waals surface area contributed by atoms with Gasteiger partial charge in [0.25, 0.3) is 0 Å². The minimum absolute atomic E-state index is 0.0706. The van der Waals surface area contributed by atoms with E-state index in [1.54, 1.807) is 47.4 Å². The Balaban J connectivity index is 1.63. The highest BCUT2D eigenvalue weighted by molar-refractivity contribution is 5.97. The number of nitrogens with zero attached hydrogens (tertiary/aromatic N) is 1. The summed E-state index contributed by atoms with van der Waals surface area (Å²) in [4.78, 5) is 37.2. The summed E-state index contributed by atoms with van der Waals surface area (Å²) >= 11 is 0. The zero-order valence-corrected chi connectivity index (χ0v) is 14.4. The fraction of sp³-hybridized carbons (Fsp3) is 0.250. The van der Waals surface area contributed by atoms with Crippen LogP contribution in [0.4, 0.5) is 5.69 Å². The van der Waals surface area contributed by atoms with Gasteiger partial charge in [0.2, 0.25) is 5.91 Å². The molecule has 6 nitrogen and oxygen atoms in total. The van der Waals surface area contributed by atoms with Crippen molar-refractivity contribution < 1.29 is 23.9 Å². The van der Waals surface area contributed by atoms with Crippen molar-refractivity contribution >= 4 is 23.5 Å². The molecule has 2 aromatic carbocycles. The molecular weight excluding hydrogens is 334 g/mol. The van der Waals surface area contributed by atoms with Crippen LogP contribution >= 0.6 is 0 Å². The Morgan fingerprint density at radius 3 is 2.46 bits per heavy atom. The Morgan fingerprint density at radius 2 is 1.81 bits per heavy atom. The van der Waals surface area contributed by atoms with E-state index in [9.17, 15) is 14.4 Å². The number of carbonyl (C=O) groups is 3. The maximum atomic E-state index is 12.3. The highest BCUT2D eigenvalue weighted by Gasteiger charge is 2.22. The average molecular weight is 353 g/mol. The fourth-order valence-electron chi connectivity index (χ4n) is 2.81. The number of anilines is 1. The van der Waals surface area contributed by atoms with E-state index in [-0.39, 0.29) is 12.5 Å². The van der Waals surface area contributed by atoms with Crippen LogP contribution in [-0.2, 0) is 20.9 Å². The third-order valence-electron chi connectivity index (χ3n) is 4.21. The van der Waals surface area contributed by atoms with E-state index in [0.717, 1.165) is 12.0 Å². The van der Waals surface area contributed by atoms with Crippen LogP contribution in [0.3, 0.4) is 0 Å². The number of carbonyl (C=O) groups excluding carboxylic acids is 3. The van der Waals surface area contributed by atoms with Gasteiger partial charge in [-0.2, -0.15) is 0 Å². The Kier molecular flexibility index (Phi) is 5.31. The monoisotopic (exact) mass is 353 g/mol. The number of amides is 1. The summed E-state index contributed by atoms with van der Waals surface area (Å²) in [7, 11) is 1.32. The number of hydrogen-bond donors (Lipinski definition) is 0. The van der Waals surface area contributed by atoms with Gasteiger partial charge in [-0.1, -0.05) is 18.2 Å². The van der Waals surface area contributed by atoms with Crippen molar-refractivity contribution in [2.75, 3.05) is 18.6 Å². The van der Waals surface area contributed by atoms with Gasteiger partial charge in [0.15, 0.2) is 0 Å². The summed E-state index contributed by atoms with van der Waals surface area (Å²) in [5.74, 6) is -0.807. The number of rotatable bonds is 5. The molecular formula is C20H19NO5. The standard InChI is InChI=1S/C20H19NO5/c1-25-19(23)15-9-7-14(8-10-15)13-26-20(24)16-4-2-5-17(12-16)21-11-3-6-18(21)22/h2,4-5,7-10,12H,3,6,11,13H2,1H3. The second-order valence-electron chi connectivity index (χ2n) is 5.96. The van der Waals surface area contributed by atoms with Crippen LogP contribution < -0.4 is 4.90 Å². The third-order valence-corrected chi connectivity index (χ3v) is 4.21. The van der Waals surface area contributed by atoms with Gasteiger partial charge in [-0.3, -0.25) is 4.79 Å². The minimum atomic E-state index is -0.462. The van der Waals surface area contributed by atoms with Crippen molar-refractivity contribution in [2.24, 2.45) is 0 Å². The molecule has 0 aromatic heterocycles. The second kappa shape index (κ2) is 7.82. The van der Waals surface area contributed by atoms with Gasteiger partial charge in [0.05, 0.1) is 18.2 Å². The first-order chi connectivity index (χ1) is 12.6. The van der Waals surface area contributed by atoms with Gasteiger partial charge in [-0.25, -0.2) is 9.59 Å². The molecule has 1 heterocycles. The molecule has 1 aliphatic heterocycles. The summed E-state index contributed by atoms with van der Waals surface area (Å²) in [6.45, 7) is 0.761. The summed E-state index contributed by atoms with van der Waals surface area (Å²) in [5, 5.41) is 0. The number of benzene rings is 2. The molecule has 134 valence electrons. The van der Waals surface area contributed by atoms with Gasteiger partial charge in [0.1, 0.15) is 6.61 Å². The number of ether oxygens (including phenoxy) is 2. The molecule has 0 N–H and O–H groups in total. The van der Waals surface area contributed by atoms with Gasteiger partial charge >= 0.3 is 11.9 Å². The zero-order valence-electron chi connectivity index (χ0n) is 14.4. The smallest absolute Gasteiger partial charge is 0.338 e. The molecule has 26 heavy (non-hydrogen) atoms. The van der Waals surface area contributed by atoms with Crippen LogP contribution in [0.25, 0.3) is 0 Å². The topological polar surface area (TPSA) is 72.9 Å². The lowest BCUT2D eigenvalue weighted by Crippen LogP contribution is -2.23. The van der Waals surface area contributed by atoms with Crippen molar-refractivity contribution in [1.82, 2.24) is 0 Å². The molecule has 0 unspecified atom stereocenters. The number of methoxy groups -OCH3 is 1. The summed E-state index contributed by atoms with van der Waals surface area (Å²) in [5.41, 5.74) is 2.31. The van der Waals surface area contributed by atoms with E-state index in [4.69, 9.17) is 4.74 Å². The molecule has 0 bridgehead atoms. The van der Waals surface area contributed by atoms with E-state index in [1.807, 2.05) is 6.07 Å². The predicted octanol–water partition coefficient (Wildman–Crippen LogP) is 2.96. The Morgan fingerprint density at radius 1 is 1.04 bits per heavy atom. The van der Waals surface area contributed by atoms with Gasteiger partial charge in [0, 0.05) is 18.7 Å². The average Bonchev–Trinajstić information content (AvgIpc) is 3.12. The molecule has 0 atom stereocenters. The summed E-state index contributed by atoms with van der Waals surface area (Å²) in [6, 6.07) is 13.5. The molecule has 0 spiro atoms. The molecule has 1 aliphatic rings. The lowest BCUT2D eigenvalue weighted by molar-refractivity contribution is -0.117. The minimum Gasteiger partial charge on any atom is -0.465 e. The van der Waals surface area contributed by atoms with Crippen molar-refractivity contribution in [3.05, 3.63) is 65.2 Å². The van der Waals surface area contributed by atoms with Crippen LogP contribution in [0.15, 0.2) is 48.5 Å². The van der Waals surface area contributed by atoms with E-state index in [1.165, 1.54) is 7.11 Å². The van der Waals surface area contributed by atoms with E-state index >= 15 is 0 Å². The van der Waals surface area contributed by atoms with E-state index in [2.05, 4.69) is 4.74 Å². The highest BCUT2D eigenvalue weighted by atomic mass is 16.5. The first-order valence-corrected chi connectivity index (χ1v) is 8.33. The Hall–Kier alpha value is -3.15. The quantitative estimate of drug-likeness (QED) is 0.773. The highest BCUT2D eigenvalue weighted by Crippen LogP contribution is 2.22. The summed E-state index contributed by atoms with van der Waals surface area (Å²) < 4.78 is 9.97. The van der Waals surface area contributed by atoms with E-state index < -0.39 is 11.9 Å². The van der Waals surface area contributed by atoms with Crippen LogP contribution in [-0.4, -0.2) is 31.5 Å². The van der Waals surface area contributed by atoms with Crippen LogP contribution in [0.1, 0.15) is 39.1 Å². The number of hydrogen-bond acceptors (Lipinski definition) is 5. The molecule has 6 heteroatoms. The van der Waals surface area contributed by atoms with Crippen molar-refractivity contribution in [3.63, 3.8) is 0 Å². The van der Waals surface area contributed by atoms with Crippen LogP contribution in [0, 0.1) is 0 Å². The van der Waals surface area contributed by atoms with Crippen molar-refractivity contribution in [1.29, 1.82) is 0 Å². The number of esters is 2. The largest absolute Gasteiger partial charge is 0.465 e. The second-order valence-corrected chi connectivity index (χ2v) is 5.96. The molecule has 2 aromatic rings. The molecule has 1 fully saturated rings. The zero-order chi connectivity index (χ0) is 18.5. The molecule has 0 radical (unpaired) electrons. The lowest BCUT2D eigenvalue weighted by Gasteiger charge is -2.16. The molecule has 0 saturated carbocycles. The SMILES string of the molecule is COC(=O)c1ccc(COC(=O)c2cccc(N3CCCC3=O)c2)cc1. The maximum absolute atomic E-state index is 12.3. The normalized spacial score (nSPS) is 13.6. The Bertz CT molecular complexity index is 828. The third kappa shape index (κ3) is 3.91. The van der Waals surface area contributed by atoms with Crippen molar-refractivity contribution in [3.8, 4) is 0 Å². The van der Waals surface area contributed by atoms with E-state index in [0.29, 0.717) is 29.8 Å². The van der Waals surface area contributed by atoms with Crippen LogP contribution in [0.5, 0.6) is 0 Å². The predicted molar refractivity (Wildman–Crippen MR) is 94.9 cm³/mol. The van der Waals surface area contributed by atoms with Crippen molar-refractivity contribution in [2.45, 2.75) is 19.4 Å². The lowest BCUT2D eigenvalue weighted by atomic mass is 10.1. The first-order valence-electron chi connectivity index (χ1n) is 8.33. The first kappa shape index (κ1) is 17.7.